The van der Waals surface area contributed by atoms with Crippen molar-refractivity contribution in [2.24, 2.45) is 0 Å². The smallest absolute Gasteiger partial charge is 0.251 e. The maximum atomic E-state index is 12.6. The number of likely N-dealkylation sites (N-methyl/N-ethyl adjacent to an activating group) is 1. The highest BCUT2D eigenvalue weighted by Gasteiger charge is 2.12. The van der Waals surface area contributed by atoms with Crippen molar-refractivity contribution in [1.82, 2.24) is 10.2 Å². The number of amides is 1. The summed E-state index contributed by atoms with van der Waals surface area (Å²) in [5, 5.41) is 3.06. The van der Waals surface area contributed by atoms with Crippen LogP contribution in [-0.4, -0.2) is 36.5 Å². The second-order valence-electron chi connectivity index (χ2n) is 6.30. The lowest BCUT2D eigenvalue weighted by Crippen LogP contribution is -2.38. The molecule has 0 saturated carbocycles. The van der Waals surface area contributed by atoms with Crippen molar-refractivity contribution in [2.45, 2.75) is 33.2 Å². The van der Waals surface area contributed by atoms with E-state index in [0.29, 0.717) is 12.6 Å². The van der Waals surface area contributed by atoms with Gasteiger partial charge in [0.15, 0.2) is 0 Å². The molecule has 0 unspecified atom stereocenters. The number of carbonyl (C=O) groups is 1. The molecule has 1 amide bonds. The summed E-state index contributed by atoms with van der Waals surface area (Å²) in [5.41, 5.74) is 3.06. The molecule has 2 aromatic carbocycles. The topological polar surface area (TPSA) is 32.3 Å². The van der Waals surface area contributed by atoms with E-state index in [4.69, 9.17) is 0 Å². The maximum absolute atomic E-state index is 12.6. The second kappa shape index (κ2) is 9.24. The minimum Gasteiger partial charge on any atom is -0.351 e. The van der Waals surface area contributed by atoms with Gasteiger partial charge in [-0.3, -0.25) is 9.69 Å². The zero-order valence-electron chi connectivity index (χ0n) is 15.0. The Morgan fingerprint density at radius 1 is 1.04 bits per heavy atom. The van der Waals surface area contributed by atoms with Gasteiger partial charge in [-0.25, -0.2) is 0 Å². The average molecular weight is 324 g/mol. The third kappa shape index (κ3) is 5.20. The Labute approximate surface area is 145 Å². The number of benzene rings is 2. The monoisotopic (exact) mass is 324 g/mol. The predicted molar refractivity (Wildman–Crippen MR) is 100 cm³/mol. The highest BCUT2D eigenvalue weighted by molar-refractivity contribution is 5.95. The molecule has 0 radical (unpaired) electrons. The van der Waals surface area contributed by atoms with Crippen molar-refractivity contribution in [3.8, 4) is 0 Å². The molecule has 2 rings (SSSR count). The minimum absolute atomic E-state index is 0.0151. The van der Waals surface area contributed by atoms with Gasteiger partial charge in [0.25, 0.3) is 5.91 Å². The molecule has 0 aromatic heterocycles. The van der Waals surface area contributed by atoms with Gasteiger partial charge in [0.05, 0.1) is 0 Å². The molecule has 3 nitrogen and oxygen atoms in total. The van der Waals surface area contributed by atoms with Gasteiger partial charge in [-0.1, -0.05) is 55.5 Å². The molecule has 2 aromatic rings. The third-order valence-corrected chi connectivity index (χ3v) is 4.32. The number of nitrogens with one attached hydrogen (secondary N) is 1. The highest BCUT2D eigenvalue weighted by atomic mass is 16.1. The largest absolute Gasteiger partial charge is 0.351 e. The van der Waals surface area contributed by atoms with Crippen LogP contribution in [0.15, 0.2) is 54.6 Å². The van der Waals surface area contributed by atoms with Crippen LogP contribution in [0.3, 0.4) is 0 Å². The molecule has 128 valence electrons. The number of nitrogens with zero attached hydrogens (tertiary/aromatic N) is 1. The fourth-order valence-electron chi connectivity index (χ4n) is 2.90. The van der Waals surface area contributed by atoms with Crippen LogP contribution in [0.4, 0.5) is 0 Å². The molecule has 0 aliphatic rings. The Kier molecular flexibility index (Phi) is 7.01. The first kappa shape index (κ1) is 18.2. The predicted octanol–water partition coefficient (Wildman–Crippen LogP) is 3.74. The number of hydrogen-bond acceptors (Lipinski definition) is 2. The van der Waals surface area contributed by atoms with Crippen LogP contribution in [0.1, 0.15) is 42.3 Å². The van der Waals surface area contributed by atoms with Crippen molar-refractivity contribution < 1.29 is 4.79 Å². The van der Waals surface area contributed by atoms with E-state index in [9.17, 15) is 4.79 Å². The summed E-state index contributed by atoms with van der Waals surface area (Å²) in [6.45, 7) is 9.06. The van der Waals surface area contributed by atoms with Crippen LogP contribution in [-0.2, 0) is 6.42 Å². The molecule has 0 atom stereocenters. The Morgan fingerprint density at radius 2 is 1.71 bits per heavy atom. The van der Waals surface area contributed by atoms with Crippen LogP contribution >= 0.6 is 0 Å². The highest BCUT2D eigenvalue weighted by Crippen LogP contribution is 2.14. The van der Waals surface area contributed by atoms with Gasteiger partial charge in [-0.2, -0.15) is 0 Å². The number of hydrogen-bond donors (Lipinski definition) is 1. The van der Waals surface area contributed by atoms with E-state index < -0.39 is 0 Å². The normalized spacial score (nSPS) is 11.0. The molecular weight excluding hydrogens is 296 g/mol. The minimum atomic E-state index is 0.0151. The Morgan fingerprint density at radius 3 is 2.38 bits per heavy atom. The summed E-state index contributed by atoms with van der Waals surface area (Å²) in [4.78, 5) is 14.9. The van der Waals surface area contributed by atoms with Crippen LogP contribution in [0.25, 0.3) is 0 Å². The summed E-state index contributed by atoms with van der Waals surface area (Å²) in [5.74, 6) is 0.0151. The average Bonchev–Trinajstić information content (AvgIpc) is 2.59. The molecule has 0 fully saturated rings. The summed E-state index contributed by atoms with van der Waals surface area (Å²) in [7, 11) is 0. The standard InChI is InChI=1S/C21H28N2O/c1-4-23(17(2)3)15-14-22-21(24)20-13-9-8-12-19(20)16-18-10-6-5-7-11-18/h5-13,17H,4,14-16H2,1-3H3,(H,22,24). The van der Waals surface area contributed by atoms with Crippen molar-refractivity contribution in [3.63, 3.8) is 0 Å². The fourth-order valence-corrected chi connectivity index (χ4v) is 2.90. The van der Waals surface area contributed by atoms with Gasteiger partial charge in [0.1, 0.15) is 0 Å². The van der Waals surface area contributed by atoms with E-state index in [0.717, 1.165) is 30.6 Å². The Balaban J connectivity index is 1.99. The summed E-state index contributed by atoms with van der Waals surface area (Å²) in [6.07, 6.45) is 0.775. The molecule has 3 heteroatoms. The van der Waals surface area contributed by atoms with E-state index >= 15 is 0 Å². The Hall–Kier alpha value is -2.13. The van der Waals surface area contributed by atoms with E-state index in [1.54, 1.807) is 0 Å². The van der Waals surface area contributed by atoms with Crippen LogP contribution in [0.5, 0.6) is 0 Å². The lowest BCUT2D eigenvalue weighted by Gasteiger charge is -2.24. The molecule has 1 N–H and O–H groups in total. The molecule has 0 saturated heterocycles. The van der Waals surface area contributed by atoms with Gasteiger partial charge in [-0.15, -0.1) is 0 Å². The fraction of sp³-hybridized carbons (Fsp3) is 0.381. The SMILES string of the molecule is CCN(CCNC(=O)c1ccccc1Cc1ccccc1)C(C)C. The van der Waals surface area contributed by atoms with E-state index in [1.165, 1.54) is 5.56 Å². The van der Waals surface area contributed by atoms with Crippen LogP contribution in [0, 0.1) is 0 Å². The lowest BCUT2D eigenvalue weighted by atomic mass is 9.99. The zero-order valence-corrected chi connectivity index (χ0v) is 15.0. The van der Waals surface area contributed by atoms with E-state index in [1.807, 2.05) is 42.5 Å². The zero-order chi connectivity index (χ0) is 17.4. The van der Waals surface area contributed by atoms with Crippen molar-refractivity contribution >= 4 is 5.91 Å². The molecule has 0 aliphatic carbocycles. The summed E-state index contributed by atoms with van der Waals surface area (Å²) >= 11 is 0. The molecule has 0 bridgehead atoms. The van der Waals surface area contributed by atoms with Crippen LogP contribution < -0.4 is 5.32 Å². The first-order chi connectivity index (χ1) is 11.6. The van der Waals surface area contributed by atoms with E-state index in [2.05, 4.69) is 43.1 Å². The lowest BCUT2D eigenvalue weighted by molar-refractivity contribution is 0.0945. The van der Waals surface area contributed by atoms with Gasteiger partial charge >= 0.3 is 0 Å². The van der Waals surface area contributed by atoms with E-state index in [-0.39, 0.29) is 5.91 Å². The molecule has 0 spiro atoms. The molecular formula is C21H28N2O. The summed E-state index contributed by atoms with van der Waals surface area (Å²) in [6, 6.07) is 18.6. The van der Waals surface area contributed by atoms with Crippen LogP contribution in [0.2, 0.25) is 0 Å². The quantitative estimate of drug-likeness (QED) is 0.802. The second-order valence-corrected chi connectivity index (χ2v) is 6.30. The third-order valence-electron chi connectivity index (χ3n) is 4.32. The number of rotatable bonds is 8. The number of carbonyl (C=O) groups excluding carboxylic acids is 1. The van der Waals surface area contributed by atoms with Gasteiger partial charge < -0.3 is 5.32 Å². The maximum Gasteiger partial charge on any atom is 0.251 e. The molecule has 24 heavy (non-hydrogen) atoms. The van der Waals surface area contributed by atoms with Gasteiger partial charge in [-0.05, 0) is 44.0 Å². The Bertz CT molecular complexity index is 637. The van der Waals surface area contributed by atoms with Crippen molar-refractivity contribution in [2.75, 3.05) is 19.6 Å². The molecule has 0 aliphatic heterocycles. The van der Waals surface area contributed by atoms with Crippen molar-refractivity contribution in [3.05, 3.63) is 71.3 Å². The van der Waals surface area contributed by atoms with Gasteiger partial charge in [0, 0.05) is 24.7 Å². The first-order valence-electron chi connectivity index (χ1n) is 8.76. The van der Waals surface area contributed by atoms with Crippen molar-refractivity contribution in [1.29, 1.82) is 0 Å². The summed E-state index contributed by atoms with van der Waals surface area (Å²) < 4.78 is 0. The molecule has 0 heterocycles. The first-order valence-corrected chi connectivity index (χ1v) is 8.76. The van der Waals surface area contributed by atoms with Gasteiger partial charge in [0.2, 0.25) is 0 Å².